The average Bonchev–Trinajstić information content (AvgIpc) is 2.98. The lowest BCUT2D eigenvalue weighted by Crippen LogP contribution is -2.39. The van der Waals surface area contributed by atoms with Crippen molar-refractivity contribution in [2.45, 2.75) is 45.0 Å². The van der Waals surface area contributed by atoms with E-state index in [1.54, 1.807) is 0 Å². The maximum Gasteiger partial charge on any atom is 0.137 e. The highest BCUT2D eigenvalue weighted by atomic mass is 35.5. The smallest absolute Gasteiger partial charge is 0.137 e. The van der Waals surface area contributed by atoms with Gasteiger partial charge in [0.05, 0.1) is 17.3 Å². The molecule has 1 aromatic carbocycles. The Kier molecular flexibility index (Phi) is 3.70. The molecule has 21 heavy (non-hydrogen) atoms. The van der Waals surface area contributed by atoms with Crippen molar-refractivity contribution >= 4 is 17.4 Å². The van der Waals surface area contributed by atoms with E-state index in [1.807, 2.05) is 25.1 Å². The summed E-state index contributed by atoms with van der Waals surface area (Å²) in [6, 6.07) is 10.3. The number of alkyl halides is 1. The number of para-hydroxylation sites is 1. The summed E-state index contributed by atoms with van der Waals surface area (Å²) in [5.41, 5.74) is 3.41. The van der Waals surface area contributed by atoms with Crippen molar-refractivity contribution in [1.82, 2.24) is 9.78 Å². The maximum atomic E-state index is 6.23. The molecule has 1 aliphatic rings. The van der Waals surface area contributed by atoms with E-state index in [-0.39, 0.29) is 5.54 Å². The van der Waals surface area contributed by atoms with Gasteiger partial charge in [-0.2, -0.15) is 5.10 Å². The molecule has 0 unspecified atom stereocenters. The van der Waals surface area contributed by atoms with Crippen LogP contribution in [0.15, 0.2) is 30.3 Å². The number of aromatic nitrogens is 2. The Labute approximate surface area is 131 Å². The summed E-state index contributed by atoms with van der Waals surface area (Å²) in [4.78, 5) is 2.47. The molecule has 1 saturated heterocycles. The van der Waals surface area contributed by atoms with Crippen LogP contribution >= 0.6 is 11.6 Å². The summed E-state index contributed by atoms with van der Waals surface area (Å²) in [7, 11) is 0. The van der Waals surface area contributed by atoms with Crippen molar-refractivity contribution < 1.29 is 0 Å². The molecule has 1 aliphatic heterocycles. The van der Waals surface area contributed by atoms with Crippen LogP contribution < -0.4 is 4.90 Å². The van der Waals surface area contributed by atoms with E-state index < -0.39 is 0 Å². The van der Waals surface area contributed by atoms with Gasteiger partial charge in [0.25, 0.3) is 0 Å². The minimum absolute atomic E-state index is 0.153. The van der Waals surface area contributed by atoms with Crippen LogP contribution in [0, 0.1) is 6.92 Å². The molecule has 1 fully saturated rings. The van der Waals surface area contributed by atoms with Crippen LogP contribution in [-0.4, -0.2) is 21.9 Å². The first-order valence-electron chi connectivity index (χ1n) is 7.52. The molecule has 0 N–H and O–H groups in total. The molecule has 0 saturated carbocycles. The third-order valence-electron chi connectivity index (χ3n) is 4.45. The molecule has 0 aliphatic carbocycles. The predicted molar refractivity (Wildman–Crippen MR) is 88.5 cm³/mol. The summed E-state index contributed by atoms with van der Waals surface area (Å²) in [6.45, 7) is 7.71. The number of halogens is 1. The van der Waals surface area contributed by atoms with Crippen LogP contribution in [0.4, 0.5) is 5.82 Å². The predicted octanol–water partition coefficient (Wildman–Crippen LogP) is 4.30. The maximum absolute atomic E-state index is 6.23. The molecule has 0 radical (unpaired) electrons. The third-order valence-corrected chi connectivity index (χ3v) is 4.72. The van der Waals surface area contributed by atoms with Gasteiger partial charge >= 0.3 is 0 Å². The Morgan fingerprint density at radius 1 is 1.24 bits per heavy atom. The van der Waals surface area contributed by atoms with Gasteiger partial charge in [0, 0.05) is 17.6 Å². The number of hydrogen-bond acceptors (Lipinski definition) is 2. The Balaban J connectivity index is 2.18. The quantitative estimate of drug-likeness (QED) is 0.788. The molecule has 0 amide bonds. The second kappa shape index (κ2) is 5.38. The minimum Gasteiger partial charge on any atom is -0.351 e. The average molecular weight is 304 g/mol. The molecule has 0 bridgehead atoms. The Morgan fingerprint density at radius 3 is 2.52 bits per heavy atom. The lowest BCUT2D eigenvalue weighted by atomic mass is 10.0. The van der Waals surface area contributed by atoms with E-state index in [1.165, 1.54) is 12.8 Å². The fourth-order valence-electron chi connectivity index (χ4n) is 3.23. The van der Waals surface area contributed by atoms with Gasteiger partial charge in [-0.1, -0.05) is 18.2 Å². The second-order valence-electron chi connectivity index (χ2n) is 6.34. The molecular formula is C17H22ClN3. The molecule has 3 rings (SSSR count). The van der Waals surface area contributed by atoms with Gasteiger partial charge in [-0.3, -0.25) is 0 Å². The molecule has 1 aromatic heterocycles. The van der Waals surface area contributed by atoms with Crippen molar-refractivity contribution in [2.75, 3.05) is 11.4 Å². The monoisotopic (exact) mass is 303 g/mol. The summed E-state index contributed by atoms with van der Waals surface area (Å²) < 4.78 is 2.06. The molecule has 2 aromatic rings. The molecular weight excluding hydrogens is 282 g/mol. The lowest BCUT2D eigenvalue weighted by molar-refractivity contribution is 0.509. The van der Waals surface area contributed by atoms with Crippen LogP contribution in [0.5, 0.6) is 0 Å². The standard InChI is InChI=1S/C17H22ClN3/c1-13-15(12-18)16(20-11-7-10-17(20,2)3)21(19-13)14-8-5-4-6-9-14/h4-6,8-9H,7,10-12H2,1-3H3. The molecule has 0 atom stereocenters. The largest absolute Gasteiger partial charge is 0.351 e. The van der Waals surface area contributed by atoms with Gasteiger partial charge in [0.1, 0.15) is 5.82 Å². The van der Waals surface area contributed by atoms with Gasteiger partial charge in [0.15, 0.2) is 0 Å². The van der Waals surface area contributed by atoms with E-state index in [4.69, 9.17) is 16.7 Å². The van der Waals surface area contributed by atoms with Crippen molar-refractivity contribution in [3.63, 3.8) is 0 Å². The highest BCUT2D eigenvalue weighted by molar-refractivity contribution is 6.17. The number of rotatable bonds is 3. The lowest BCUT2D eigenvalue weighted by Gasteiger charge is -2.34. The summed E-state index contributed by atoms with van der Waals surface area (Å²) >= 11 is 6.23. The number of benzene rings is 1. The van der Waals surface area contributed by atoms with Gasteiger partial charge in [-0.05, 0) is 45.7 Å². The molecule has 4 heteroatoms. The van der Waals surface area contributed by atoms with E-state index in [2.05, 4.69) is 35.6 Å². The Morgan fingerprint density at radius 2 is 1.95 bits per heavy atom. The van der Waals surface area contributed by atoms with E-state index in [9.17, 15) is 0 Å². The molecule has 2 heterocycles. The van der Waals surface area contributed by atoms with Crippen molar-refractivity contribution in [2.24, 2.45) is 0 Å². The van der Waals surface area contributed by atoms with Crippen LogP contribution in [0.1, 0.15) is 37.9 Å². The van der Waals surface area contributed by atoms with Crippen LogP contribution in [0.2, 0.25) is 0 Å². The van der Waals surface area contributed by atoms with Gasteiger partial charge in [-0.25, -0.2) is 4.68 Å². The SMILES string of the molecule is Cc1nn(-c2ccccc2)c(N2CCCC2(C)C)c1CCl. The Bertz CT molecular complexity index is 631. The summed E-state index contributed by atoms with van der Waals surface area (Å²) in [6.07, 6.45) is 2.42. The first kappa shape index (κ1) is 14.5. The number of hydrogen-bond donors (Lipinski definition) is 0. The van der Waals surface area contributed by atoms with E-state index in [0.29, 0.717) is 5.88 Å². The van der Waals surface area contributed by atoms with Crippen LogP contribution in [0.25, 0.3) is 5.69 Å². The zero-order valence-electron chi connectivity index (χ0n) is 12.9. The van der Waals surface area contributed by atoms with Gasteiger partial charge < -0.3 is 4.90 Å². The number of aryl methyl sites for hydroxylation is 1. The molecule has 0 spiro atoms. The topological polar surface area (TPSA) is 21.1 Å². The fraction of sp³-hybridized carbons (Fsp3) is 0.471. The highest BCUT2D eigenvalue weighted by Gasteiger charge is 2.36. The van der Waals surface area contributed by atoms with E-state index in [0.717, 1.165) is 29.3 Å². The minimum atomic E-state index is 0.153. The normalized spacial score (nSPS) is 17.4. The Hall–Kier alpha value is -1.48. The first-order valence-corrected chi connectivity index (χ1v) is 8.05. The second-order valence-corrected chi connectivity index (χ2v) is 6.60. The van der Waals surface area contributed by atoms with Crippen molar-refractivity contribution in [1.29, 1.82) is 0 Å². The summed E-state index contributed by atoms with van der Waals surface area (Å²) in [5.74, 6) is 1.66. The fourth-order valence-corrected chi connectivity index (χ4v) is 3.54. The highest BCUT2D eigenvalue weighted by Crippen LogP contribution is 2.38. The van der Waals surface area contributed by atoms with Crippen molar-refractivity contribution in [3.05, 3.63) is 41.6 Å². The van der Waals surface area contributed by atoms with Gasteiger partial charge in [0.2, 0.25) is 0 Å². The zero-order chi connectivity index (χ0) is 15.0. The van der Waals surface area contributed by atoms with Crippen LogP contribution in [0.3, 0.4) is 0 Å². The number of nitrogens with zero attached hydrogens (tertiary/aromatic N) is 3. The third kappa shape index (κ3) is 2.44. The zero-order valence-corrected chi connectivity index (χ0v) is 13.7. The summed E-state index contributed by atoms with van der Waals surface area (Å²) in [5, 5.41) is 4.75. The van der Waals surface area contributed by atoms with Gasteiger partial charge in [-0.15, -0.1) is 11.6 Å². The molecule has 112 valence electrons. The van der Waals surface area contributed by atoms with Crippen LogP contribution in [-0.2, 0) is 5.88 Å². The van der Waals surface area contributed by atoms with E-state index >= 15 is 0 Å². The molecule has 3 nitrogen and oxygen atoms in total. The first-order chi connectivity index (χ1) is 10.0. The number of anilines is 1. The van der Waals surface area contributed by atoms with Crippen molar-refractivity contribution in [3.8, 4) is 5.69 Å².